The summed E-state index contributed by atoms with van der Waals surface area (Å²) in [5.74, 6) is 1.47. The second-order valence-electron chi connectivity index (χ2n) is 5.79. The molecule has 2 radical (unpaired) electrons. The Morgan fingerprint density at radius 3 is 2.29 bits per heavy atom. The molecule has 2 nitrogen and oxygen atoms in total. The third-order valence-corrected chi connectivity index (χ3v) is 4.35. The van der Waals surface area contributed by atoms with Crippen LogP contribution in [-0.2, 0) is 0 Å². The van der Waals surface area contributed by atoms with Crippen molar-refractivity contribution in [2.75, 3.05) is 13.0 Å². The van der Waals surface area contributed by atoms with Crippen LogP contribution in [0.1, 0.15) is 53.4 Å². The van der Waals surface area contributed by atoms with E-state index in [9.17, 15) is 0 Å². The zero-order valence-corrected chi connectivity index (χ0v) is 14.5. The van der Waals surface area contributed by atoms with Crippen molar-refractivity contribution in [1.82, 2.24) is 10.6 Å². The zero-order chi connectivity index (χ0) is 16.3. The van der Waals surface area contributed by atoms with E-state index in [1.807, 2.05) is 12.2 Å². The van der Waals surface area contributed by atoms with Crippen molar-refractivity contribution in [3.8, 4) is 0 Å². The minimum atomic E-state index is 0.193. The van der Waals surface area contributed by atoms with E-state index in [-0.39, 0.29) is 5.41 Å². The van der Waals surface area contributed by atoms with Crippen LogP contribution in [0.3, 0.4) is 0 Å². The maximum Gasteiger partial charge on any atom is 0.101 e. The van der Waals surface area contributed by atoms with E-state index < -0.39 is 0 Å². The Bertz CT molecular complexity index is 341. The molecule has 0 aliphatic rings. The van der Waals surface area contributed by atoms with Gasteiger partial charge in [-0.3, -0.25) is 0 Å². The summed E-state index contributed by atoms with van der Waals surface area (Å²) >= 11 is 0. The van der Waals surface area contributed by atoms with Gasteiger partial charge in [0.25, 0.3) is 0 Å². The second kappa shape index (κ2) is 10.6. The maximum atomic E-state index is 5.69. The average Bonchev–Trinajstić information content (AvgIpc) is 2.47. The summed E-state index contributed by atoms with van der Waals surface area (Å²) in [7, 11) is 5.69. The summed E-state index contributed by atoms with van der Waals surface area (Å²) in [4.78, 5) is 0. The Balaban J connectivity index is 5.78. The molecule has 3 heteroatoms. The smallest absolute Gasteiger partial charge is 0.101 e. The summed E-state index contributed by atoms with van der Waals surface area (Å²) in [5.41, 5.74) is 1.44. The molecule has 0 aromatic rings. The number of rotatable bonds is 12. The van der Waals surface area contributed by atoms with Crippen LogP contribution in [0.25, 0.3) is 0 Å². The first-order valence-electron chi connectivity index (χ1n) is 8.19. The summed E-state index contributed by atoms with van der Waals surface area (Å²) in [6.07, 6.45) is 8.85. The summed E-state index contributed by atoms with van der Waals surface area (Å²) in [6, 6.07) is 0. The van der Waals surface area contributed by atoms with Crippen LogP contribution in [0, 0.1) is 11.3 Å². The van der Waals surface area contributed by atoms with Crippen LogP contribution < -0.4 is 10.6 Å². The first-order valence-corrected chi connectivity index (χ1v) is 8.19. The van der Waals surface area contributed by atoms with E-state index in [4.69, 9.17) is 7.85 Å². The number of allylic oxidation sites excluding steroid dienone is 3. The van der Waals surface area contributed by atoms with Gasteiger partial charge in [0.05, 0.1) is 7.85 Å². The fourth-order valence-electron chi connectivity index (χ4n) is 2.99. The Labute approximate surface area is 133 Å². The molecule has 0 rings (SSSR count). The van der Waals surface area contributed by atoms with Gasteiger partial charge in [-0.25, -0.2) is 0 Å². The summed E-state index contributed by atoms with van der Waals surface area (Å²) < 4.78 is 0. The molecule has 2 atom stereocenters. The van der Waals surface area contributed by atoms with Crippen molar-refractivity contribution in [1.29, 1.82) is 0 Å². The lowest BCUT2D eigenvalue weighted by Crippen LogP contribution is -2.34. The second-order valence-corrected chi connectivity index (χ2v) is 5.79. The van der Waals surface area contributed by atoms with Gasteiger partial charge in [0.2, 0.25) is 0 Å². The topological polar surface area (TPSA) is 24.1 Å². The van der Waals surface area contributed by atoms with Gasteiger partial charge < -0.3 is 10.6 Å². The van der Waals surface area contributed by atoms with Crippen molar-refractivity contribution >= 4 is 7.85 Å². The van der Waals surface area contributed by atoms with Crippen LogP contribution >= 0.6 is 0 Å². The minimum absolute atomic E-state index is 0.193. The van der Waals surface area contributed by atoms with Crippen LogP contribution in [0.4, 0.5) is 0 Å². The number of nitrogens with one attached hydrogen (secondary N) is 2. The van der Waals surface area contributed by atoms with Gasteiger partial charge in [-0.05, 0) is 49.5 Å². The molecule has 0 bridgehead atoms. The monoisotopic (exact) mass is 288 g/mol. The molecule has 0 aromatic heterocycles. The van der Waals surface area contributed by atoms with Gasteiger partial charge >= 0.3 is 0 Å². The highest BCUT2D eigenvalue weighted by molar-refractivity contribution is 6.08. The van der Waals surface area contributed by atoms with Gasteiger partial charge in [0.1, 0.15) is 5.82 Å². The molecule has 0 saturated heterocycles. The van der Waals surface area contributed by atoms with E-state index in [0.717, 1.165) is 38.0 Å². The molecule has 118 valence electrons. The van der Waals surface area contributed by atoms with E-state index in [1.165, 1.54) is 5.57 Å². The zero-order valence-electron chi connectivity index (χ0n) is 14.5. The molecule has 0 aliphatic carbocycles. The minimum Gasteiger partial charge on any atom is -0.381 e. The van der Waals surface area contributed by atoms with E-state index in [1.54, 1.807) is 0 Å². The van der Waals surface area contributed by atoms with Gasteiger partial charge in [-0.15, -0.1) is 6.58 Å². The van der Waals surface area contributed by atoms with E-state index in [2.05, 4.69) is 51.5 Å². The highest BCUT2D eigenvalue weighted by Crippen LogP contribution is 2.43. The first kappa shape index (κ1) is 19.9. The molecule has 2 N–H and O–H groups in total. The van der Waals surface area contributed by atoms with E-state index in [0.29, 0.717) is 12.4 Å². The van der Waals surface area contributed by atoms with Gasteiger partial charge in [-0.1, -0.05) is 45.9 Å². The van der Waals surface area contributed by atoms with Crippen LogP contribution in [0.5, 0.6) is 0 Å². The fraction of sp³-hybridized carbons (Fsp3) is 0.667. The quantitative estimate of drug-likeness (QED) is 0.321. The molecule has 0 spiro atoms. The van der Waals surface area contributed by atoms with Crippen molar-refractivity contribution < 1.29 is 0 Å². The van der Waals surface area contributed by atoms with Crippen molar-refractivity contribution in [2.45, 2.75) is 53.4 Å². The maximum absolute atomic E-state index is 5.69. The lowest BCUT2D eigenvalue weighted by atomic mass is 9.67. The number of hydrogen-bond donors (Lipinski definition) is 2. The van der Waals surface area contributed by atoms with Gasteiger partial charge in [0, 0.05) is 6.54 Å². The highest BCUT2D eigenvalue weighted by atomic mass is 15.1. The molecular formula is C18H33BN2. The molecule has 0 aromatic carbocycles. The number of hydrogen-bond acceptors (Lipinski definition) is 2. The molecule has 21 heavy (non-hydrogen) atoms. The van der Waals surface area contributed by atoms with Crippen LogP contribution in [-0.4, -0.2) is 20.8 Å². The molecular weight excluding hydrogens is 255 g/mol. The first-order chi connectivity index (χ1) is 10.0. The van der Waals surface area contributed by atoms with Crippen LogP contribution in [0.2, 0.25) is 0 Å². The van der Waals surface area contributed by atoms with Gasteiger partial charge in [-0.2, -0.15) is 0 Å². The molecule has 0 fully saturated rings. The van der Waals surface area contributed by atoms with Crippen LogP contribution in [0.15, 0.2) is 36.7 Å². The SMILES string of the molecule is [B]CN/C(NCC)=C(\C=C)C(CCC)C(C)(CC)CC=C. The Kier molecular flexibility index (Phi) is 10.0. The summed E-state index contributed by atoms with van der Waals surface area (Å²) in [6.45, 7) is 17.8. The highest BCUT2D eigenvalue weighted by Gasteiger charge is 2.33. The molecule has 2 unspecified atom stereocenters. The molecule has 0 aliphatic heterocycles. The average molecular weight is 288 g/mol. The van der Waals surface area contributed by atoms with Crippen molar-refractivity contribution in [3.63, 3.8) is 0 Å². The Hall–Kier alpha value is -1.12. The van der Waals surface area contributed by atoms with Crippen molar-refractivity contribution in [2.24, 2.45) is 11.3 Å². The van der Waals surface area contributed by atoms with Gasteiger partial charge in [0.15, 0.2) is 0 Å². The fourth-order valence-corrected chi connectivity index (χ4v) is 2.99. The predicted octanol–water partition coefficient (Wildman–Crippen LogP) is 4.12. The third kappa shape index (κ3) is 5.64. The molecule has 0 amide bonds. The summed E-state index contributed by atoms with van der Waals surface area (Å²) in [5, 5.41) is 6.66. The predicted molar refractivity (Wildman–Crippen MR) is 96.3 cm³/mol. The lowest BCUT2D eigenvalue weighted by molar-refractivity contribution is 0.199. The Morgan fingerprint density at radius 1 is 1.24 bits per heavy atom. The lowest BCUT2D eigenvalue weighted by Gasteiger charge is -2.38. The van der Waals surface area contributed by atoms with Crippen molar-refractivity contribution in [3.05, 3.63) is 36.7 Å². The normalized spacial score (nSPS) is 16.4. The standard InChI is InChI=1S/C18H33BN2/c1-7-12-16(18(6,10-4)13-8-2)15(9-3)17(20-11-5)21-14-19/h8-9,16,20-21H,2-3,7,10-14H2,1,4-6H3/b17-15+. The largest absolute Gasteiger partial charge is 0.381 e. The Morgan fingerprint density at radius 2 is 1.90 bits per heavy atom. The third-order valence-electron chi connectivity index (χ3n) is 4.35. The molecule has 0 heterocycles. The van der Waals surface area contributed by atoms with E-state index >= 15 is 0 Å². The molecule has 0 saturated carbocycles.